The number of hydrogen-bond donors (Lipinski definition) is 4. The normalized spacial score (nSPS) is 29.0. The summed E-state index contributed by atoms with van der Waals surface area (Å²) < 4.78 is 7.88. The first-order chi connectivity index (χ1) is 20.2. The summed E-state index contributed by atoms with van der Waals surface area (Å²) in [6.07, 6.45) is 7.56. The van der Waals surface area contributed by atoms with Gasteiger partial charge in [0.05, 0.1) is 17.4 Å². The lowest BCUT2D eigenvalue weighted by Crippen LogP contribution is -2.52. The van der Waals surface area contributed by atoms with E-state index < -0.39 is 24.5 Å². The molecule has 0 bridgehead atoms. The fourth-order valence-electron chi connectivity index (χ4n) is 7.25. The van der Waals surface area contributed by atoms with E-state index in [1.807, 2.05) is 0 Å². The second kappa shape index (κ2) is 10.6. The third-order valence-electron chi connectivity index (χ3n) is 10.2. The van der Waals surface area contributed by atoms with Gasteiger partial charge in [-0.05, 0) is 75.0 Å². The lowest BCUT2D eigenvalue weighted by atomic mass is 9.66. The minimum absolute atomic E-state index is 0.265. The number of aromatic nitrogens is 6. The van der Waals surface area contributed by atoms with Gasteiger partial charge in [-0.15, -0.1) is 0 Å². The van der Waals surface area contributed by atoms with Crippen LogP contribution in [0.3, 0.4) is 0 Å². The van der Waals surface area contributed by atoms with Crippen LogP contribution in [0.5, 0.6) is 0 Å². The van der Waals surface area contributed by atoms with Gasteiger partial charge in [0.2, 0.25) is 0 Å². The molecule has 3 aliphatic rings. The number of anilines is 1. The number of aryl methyl sites for hydroxylation is 1. The van der Waals surface area contributed by atoms with Crippen LogP contribution in [0.2, 0.25) is 0 Å². The van der Waals surface area contributed by atoms with Crippen molar-refractivity contribution in [1.29, 1.82) is 0 Å². The number of nitrogen functional groups attached to an aromatic ring is 1. The van der Waals surface area contributed by atoms with Gasteiger partial charge >= 0.3 is 0 Å². The van der Waals surface area contributed by atoms with Crippen molar-refractivity contribution in [2.45, 2.75) is 108 Å². The van der Waals surface area contributed by atoms with Crippen molar-refractivity contribution in [3.63, 3.8) is 0 Å². The van der Waals surface area contributed by atoms with Crippen LogP contribution in [0, 0.1) is 5.92 Å². The van der Waals surface area contributed by atoms with Crippen LogP contribution < -0.4 is 5.73 Å². The maximum atomic E-state index is 11.0. The minimum Gasteiger partial charge on any atom is -0.387 e. The number of aliphatic hydroxyl groups is 2. The molecule has 11 heteroatoms. The summed E-state index contributed by atoms with van der Waals surface area (Å²) >= 11 is 0. The summed E-state index contributed by atoms with van der Waals surface area (Å²) in [5, 5.41) is 21.9. The molecule has 7 rings (SSSR count). The molecule has 0 spiro atoms. The van der Waals surface area contributed by atoms with E-state index >= 15 is 0 Å². The van der Waals surface area contributed by atoms with Crippen LogP contribution in [-0.2, 0) is 16.6 Å². The largest absolute Gasteiger partial charge is 0.387 e. The summed E-state index contributed by atoms with van der Waals surface area (Å²) in [6.45, 7) is 7.27. The number of nitrogens with zero attached hydrogens (tertiary/aromatic N) is 6. The molecule has 3 aromatic heterocycles. The Labute approximate surface area is 245 Å². The number of H-pyrrole nitrogens is 1. The molecule has 224 valence electrons. The number of aromatic amines is 1. The van der Waals surface area contributed by atoms with Crippen LogP contribution >= 0.6 is 0 Å². The predicted octanol–water partition coefficient (Wildman–Crippen LogP) is 3.47. The Bertz CT molecular complexity index is 1570. The quantitative estimate of drug-likeness (QED) is 0.236. The molecule has 1 aliphatic heterocycles. The molecule has 0 amide bonds. The van der Waals surface area contributed by atoms with Gasteiger partial charge in [-0.2, -0.15) is 0 Å². The zero-order valence-electron chi connectivity index (χ0n) is 24.6. The van der Waals surface area contributed by atoms with E-state index in [0.29, 0.717) is 35.1 Å². The molecule has 5 N–H and O–H groups in total. The lowest BCUT2D eigenvalue weighted by Gasteiger charge is -2.46. The molecule has 1 saturated heterocycles. The van der Waals surface area contributed by atoms with Gasteiger partial charge in [-0.1, -0.05) is 19.4 Å². The first-order valence-corrected chi connectivity index (χ1v) is 15.4. The van der Waals surface area contributed by atoms with E-state index in [2.05, 4.69) is 63.8 Å². The molecule has 2 aliphatic carbocycles. The average molecular weight is 575 g/mol. The SMILES string of the molecule is CC(C)N(C[C@H]1O[C@@H](n2cnc3c(N)ncnc32)[C@H](O)[C@@H]1O)[C@H]1C[C@H](CCc2nc3cc(C4(C)CCC4)ccc3[nH]2)C1. The number of rotatable bonds is 9. The summed E-state index contributed by atoms with van der Waals surface area (Å²) in [5.41, 5.74) is 10.8. The Morgan fingerprint density at radius 2 is 1.98 bits per heavy atom. The number of nitrogens with two attached hydrogens (primary N) is 1. The van der Waals surface area contributed by atoms with E-state index in [9.17, 15) is 10.2 Å². The monoisotopic (exact) mass is 574 g/mol. The van der Waals surface area contributed by atoms with Gasteiger partial charge < -0.3 is 25.7 Å². The molecular formula is C31H42N8O3. The van der Waals surface area contributed by atoms with Gasteiger partial charge in [0.25, 0.3) is 0 Å². The highest BCUT2D eigenvalue weighted by atomic mass is 16.6. The molecule has 4 atom stereocenters. The molecule has 1 aromatic carbocycles. The van der Waals surface area contributed by atoms with Gasteiger partial charge in [0, 0.05) is 25.0 Å². The molecule has 3 fully saturated rings. The molecule has 2 saturated carbocycles. The third-order valence-corrected chi connectivity index (χ3v) is 10.2. The number of imidazole rings is 2. The Hall–Kier alpha value is -3.12. The molecule has 4 heterocycles. The average Bonchev–Trinajstić information content (AvgIpc) is 3.62. The van der Waals surface area contributed by atoms with Crippen molar-refractivity contribution in [3.8, 4) is 0 Å². The first-order valence-electron chi connectivity index (χ1n) is 15.4. The summed E-state index contributed by atoms with van der Waals surface area (Å²) in [4.78, 5) is 23.4. The van der Waals surface area contributed by atoms with Crippen molar-refractivity contribution >= 4 is 28.0 Å². The maximum absolute atomic E-state index is 11.0. The van der Waals surface area contributed by atoms with Crippen molar-refractivity contribution in [2.75, 3.05) is 12.3 Å². The minimum atomic E-state index is -1.11. The Morgan fingerprint density at radius 1 is 1.17 bits per heavy atom. The van der Waals surface area contributed by atoms with Crippen LogP contribution in [0.15, 0.2) is 30.9 Å². The number of ether oxygens (including phenoxy) is 1. The fourth-order valence-corrected chi connectivity index (χ4v) is 7.25. The molecule has 4 aromatic rings. The van der Waals surface area contributed by atoms with Gasteiger partial charge in [-0.3, -0.25) is 9.47 Å². The van der Waals surface area contributed by atoms with E-state index in [-0.39, 0.29) is 11.9 Å². The van der Waals surface area contributed by atoms with Crippen molar-refractivity contribution in [3.05, 3.63) is 42.2 Å². The van der Waals surface area contributed by atoms with E-state index in [4.69, 9.17) is 15.5 Å². The number of nitrogens with one attached hydrogen (secondary N) is 1. The van der Waals surface area contributed by atoms with Crippen LogP contribution in [0.4, 0.5) is 5.82 Å². The van der Waals surface area contributed by atoms with Gasteiger partial charge in [0.15, 0.2) is 17.7 Å². The molecule has 0 radical (unpaired) electrons. The van der Waals surface area contributed by atoms with Gasteiger partial charge in [-0.25, -0.2) is 19.9 Å². The summed E-state index contributed by atoms with van der Waals surface area (Å²) in [6, 6.07) is 7.46. The van der Waals surface area contributed by atoms with Crippen LogP contribution in [-0.4, -0.2) is 81.5 Å². The van der Waals surface area contributed by atoms with E-state index in [1.54, 1.807) is 4.57 Å². The van der Waals surface area contributed by atoms with Crippen LogP contribution in [0.1, 0.15) is 76.9 Å². The second-order valence-electron chi connectivity index (χ2n) is 13.3. The zero-order chi connectivity index (χ0) is 29.2. The summed E-state index contributed by atoms with van der Waals surface area (Å²) in [5.74, 6) is 1.98. The number of hydrogen-bond acceptors (Lipinski definition) is 9. The lowest BCUT2D eigenvalue weighted by molar-refractivity contribution is -0.0620. The van der Waals surface area contributed by atoms with E-state index in [0.717, 1.165) is 42.5 Å². The third kappa shape index (κ3) is 4.76. The fraction of sp³-hybridized carbons (Fsp3) is 0.613. The Morgan fingerprint density at radius 3 is 2.71 bits per heavy atom. The van der Waals surface area contributed by atoms with Crippen molar-refractivity contribution < 1.29 is 14.9 Å². The molecule has 0 unspecified atom stereocenters. The number of fused-ring (bicyclic) bond motifs is 2. The molecular weight excluding hydrogens is 532 g/mol. The van der Waals surface area contributed by atoms with Crippen molar-refractivity contribution in [1.82, 2.24) is 34.4 Å². The predicted molar refractivity (Wildman–Crippen MR) is 160 cm³/mol. The maximum Gasteiger partial charge on any atom is 0.167 e. The van der Waals surface area contributed by atoms with Gasteiger partial charge in [0.1, 0.15) is 36.0 Å². The highest BCUT2D eigenvalue weighted by Crippen LogP contribution is 2.44. The highest BCUT2D eigenvalue weighted by Gasteiger charge is 2.46. The van der Waals surface area contributed by atoms with Crippen LogP contribution in [0.25, 0.3) is 22.2 Å². The Balaban J connectivity index is 0.954. The Kier molecular flexibility index (Phi) is 6.96. The zero-order valence-corrected chi connectivity index (χ0v) is 24.6. The first kappa shape index (κ1) is 27.7. The smallest absolute Gasteiger partial charge is 0.167 e. The summed E-state index contributed by atoms with van der Waals surface area (Å²) in [7, 11) is 0. The van der Waals surface area contributed by atoms with Crippen molar-refractivity contribution in [2.24, 2.45) is 5.92 Å². The standard InChI is InChI=1S/C31H42N8O3/c1-17(2)38(14-23-26(40)27(41)30(42-23)39-16-35-25-28(32)33-15-34-29(25)39)20-11-18(12-20)5-8-24-36-21-7-6-19(13-22(21)37-24)31(3)9-4-10-31/h6-7,13,15-18,20,23,26-27,30,40-41H,4-5,8-12,14H2,1-3H3,(H,36,37)(H2,32,33,34)/t18-,20-,23-,26-,27-,30-/m1/s1. The number of benzene rings is 1. The number of aliphatic hydroxyl groups excluding tert-OH is 2. The molecule has 11 nitrogen and oxygen atoms in total. The second-order valence-corrected chi connectivity index (χ2v) is 13.3. The highest BCUT2D eigenvalue weighted by molar-refractivity contribution is 5.81. The van der Waals surface area contributed by atoms with E-state index in [1.165, 1.54) is 37.5 Å². The molecule has 42 heavy (non-hydrogen) atoms. The topological polar surface area (TPSA) is 151 Å².